The van der Waals surface area contributed by atoms with E-state index in [1.54, 1.807) is 6.07 Å². The zero-order valence-corrected chi connectivity index (χ0v) is 7.98. The summed E-state index contributed by atoms with van der Waals surface area (Å²) in [5.41, 5.74) is 1.85. The van der Waals surface area contributed by atoms with E-state index in [9.17, 15) is 4.39 Å². The standard InChI is InChI=1S/C10H14FN/c1-7-9(10(2,3)4)5-8(11)6-12-7/h5-6H,1-4H3. The zero-order chi connectivity index (χ0) is 9.35. The van der Waals surface area contributed by atoms with Crippen LogP contribution in [0, 0.1) is 12.7 Å². The predicted octanol–water partition coefficient (Wildman–Crippen LogP) is 2.83. The van der Waals surface area contributed by atoms with Gasteiger partial charge in [0.2, 0.25) is 0 Å². The Kier molecular flexibility index (Phi) is 2.18. The Morgan fingerprint density at radius 1 is 1.33 bits per heavy atom. The smallest absolute Gasteiger partial charge is 0.141 e. The lowest BCUT2D eigenvalue weighted by molar-refractivity contribution is 0.560. The van der Waals surface area contributed by atoms with Gasteiger partial charge in [0, 0.05) is 5.69 Å². The molecule has 1 aromatic heterocycles. The summed E-state index contributed by atoms with van der Waals surface area (Å²) >= 11 is 0. The van der Waals surface area contributed by atoms with Crippen LogP contribution in [0.4, 0.5) is 4.39 Å². The molecule has 0 aliphatic heterocycles. The van der Waals surface area contributed by atoms with E-state index in [1.807, 2.05) is 6.92 Å². The van der Waals surface area contributed by atoms with Gasteiger partial charge >= 0.3 is 0 Å². The van der Waals surface area contributed by atoms with Gasteiger partial charge in [-0.3, -0.25) is 4.98 Å². The van der Waals surface area contributed by atoms with Crippen molar-refractivity contribution in [1.29, 1.82) is 0 Å². The van der Waals surface area contributed by atoms with Crippen LogP contribution in [0.15, 0.2) is 12.3 Å². The summed E-state index contributed by atoms with van der Waals surface area (Å²) in [5, 5.41) is 0. The van der Waals surface area contributed by atoms with Crippen molar-refractivity contribution in [3.05, 3.63) is 29.3 Å². The van der Waals surface area contributed by atoms with E-state index in [2.05, 4.69) is 25.8 Å². The molecule has 0 spiro atoms. The minimum absolute atomic E-state index is 0.0286. The second-order valence-electron chi connectivity index (χ2n) is 4.04. The topological polar surface area (TPSA) is 12.9 Å². The van der Waals surface area contributed by atoms with E-state index in [1.165, 1.54) is 6.20 Å². The van der Waals surface area contributed by atoms with Crippen molar-refractivity contribution in [3.63, 3.8) is 0 Å². The molecule has 0 aromatic carbocycles. The Balaban J connectivity index is 3.23. The molecule has 0 unspecified atom stereocenters. The van der Waals surface area contributed by atoms with Crippen molar-refractivity contribution in [2.75, 3.05) is 0 Å². The second-order valence-corrected chi connectivity index (χ2v) is 4.04. The van der Waals surface area contributed by atoms with E-state index in [-0.39, 0.29) is 11.2 Å². The highest BCUT2D eigenvalue weighted by Gasteiger charge is 2.17. The van der Waals surface area contributed by atoms with E-state index in [0.717, 1.165) is 11.3 Å². The monoisotopic (exact) mass is 167 g/mol. The first-order valence-corrected chi connectivity index (χ1v) is 4.04. The molecule has 0 atom stereocenters. The van der Waals surface area contributed by atoms with Crippen LogP contribution in [-0.2, 0) is 5.41 Å². The van der Waals surface area contributed by atoms with Gasteiger partial charge in [-0.05, 0) is 24.0 Å². The van der Waals surface area contributed by atoms with E-state index in [4.69, 9.17) is 0 Å². The fourth-order valence-corrected chi connectivity index (χ4v) is 1.27. The average Bonchev–Trinajstić information content (AvgIpc) is 1.92. The van der Waals surface area contributed by atoms with E-state index >= 15 is 0 Å². The maximum atomic E-state index is 12.8. The lowest BCUT2D eigenvalue weighted by Crippen LogP contribution is -2.14. The fourth-order valence-electron chi connectivity index (χ4n) is 1.27. The van der Waals surface area contributed by atoms with Gasteiger partial charge in [-0.2, -0.15) is 0 Å². The number of aryl methyl sites for hydroxylation is 1. The van der Waals surface area contributed by atoms with Gasteiger partial charge in [-0.1, -0.05) is 20.8 Å². The predicted molar refractivity (Wildman–Crippen MR) is 47.6 cm³/mol. The van der Waals surface area contributed by atoms with Crippen LogP contribution in [0.1, 0.15) is 32.0 Å². The molecule has 0 saturated heterocycles. The summed E-state index contributed by atoms with van der Waals surface area (Å²) < 4.78 is 12.8. The molecule has 66 valence electrons. The Morgan fingerprint density at radius 2 is 1.92 bits per heavy atom. The Hall–Kier alpha value is -0.920. The molecule has 0 aliphatic rings. The first-order chi connectivity index (χ1) is 5.41. The highest BCUT2D eigenvalue weighted by atomic mass is 19.1. The molecule has 1 nitrogen and oxygen atoms in total. The van der Waals surface area contributed by atoms with Gasteiger partial charge in [0.15, 0.2) is 0 Å². The molecular formula is C10H14FN. The molecule has 0 bridgehead atoms. The van der Waals surface area contributed by atoms with Crippen LogP contribution < -0.4 is 0 Å². The Morgan fingerprint density at radius 3 is 2.33 bits per heavy atom. The number of nitrogens with zero attached hydrogens (tertiary/aromatic N) is 1. The van der Waals surface area contributed by atoms with Crippen LogP contribution in [0.25, 0.3) is 0 Å². The molecule has 0 amide bonds. The van der Waals surface area contributed by atoms with Crippen LogP contribution in [-0.4, -0.2) is 4.98 Å². The van der Waals surface area contributed by atoms with Crippen molar-refractivity contribution in [2.45, 2.75) is 33.1 Å². The molecule has 2 heteroatoms. The summed E-state index contributed by atoms with van der Waals surface area (Å²) in [6.07, 6.45) is 1.25. The van der Waals surface area contributed by atoms with Gasteiger partial charge in [0.25, 0.3) is 0 Å². The molecule has 1 rings (SSSR count). The minimum Gasteiger partial charge on any atom is -0.258 e. The number of hydrogen-bond acceptors (Lipinski definition) is 1. The zero-order valence-electron chi connectivity index (χ0n) is 7.98. The molecule has 12 heavy (non-hydrogen) atoms. The number of pyridine rings is 1. The number of aromatic nitrogens is 1. The van der Waals surface area contributed by atoms with Gasteiger partial charge in [-0.15, -0.1) is 0 Å². The summed E-state index contributed by atoms with van der Waals surface area (Å²) in [7, 11) is 0. The molecular weight excluding hydrogens is 153 g/mol. The minimum atomic E-state index is -0.259. The number of halogens is 1. The van der Waals surface area contributed by atoms with E-state index in [0.29, 0.717) is 0 Å². The Labute approximate surface area is 72.6 Å². The lowest BCUT2D eigenvalue weighted by atomic mass is 9.86. The third-order valence-electron chi connectivity index (χ3n) is 1.86. The first-order valence-electron chi connectivity index (χ1n) is 4.04. The Bertz CT molecular complexity index is 286. The number of hydrogen-bond donors (Lipinski definition) is 0. The third-order valence-corrected chi connectivity index (χ3v) is 1.86. The molecule has 1 heterocycles. The second kappa shape index (κ2) is 2.85. The largest absolute Gasteiger partial charge is 0.258 e. The molecule has 0 aliphatic carbocycles. The SMILES string of the molecule is Cc1ncc(F)cc1C(C)(C)C. The summed E-state index contributed by atoms with van der Waals surface area (Å²) in [4.78, 5) is 3.97. The van der Waals surface area contributed by atoms with E-state index < -0.39 is 0 Å². The molecule has 0 saturated carbocycles. The van der Waals surface area contributed by atoms with Crippen molar-refractivity contribution in [2.24, 2.45) is 0 Å². The molecule has 0 radical (unpaired) electrons. The van der Waals surface area contributed by atoms with Crippen molar-refractivity contribution >= 4 is 0 Å². The van der Waals surface area contributed by atoms with Gasteiger partial charge in [0.05, 0.1) is 6.20 Å². The molecule has 0 fully saturated rings. The quantitative estimate of drug-likeness (QED) is 0.579. The van der Waals surface area contributed by atoms with Gasteiger partial charge in [0.1, 0.15) is 5.82 Å². The lowest BCUT2D eigenvalue weighted by Gasteiger charge is -2.20. The van der Waals surface area contributed by atoms with Crippen LogP contribution >= 0.6 is 0 Å². The maximum Gasteiger partial charge on any atom is 0.141 e. The van der Waals surface area contributed by atoms with Gasteiger partial charge < -0.3 is 0 Å². The van der Waals surface area contributed by atoms with Crippen LogP contribution in [0.5, 0.6) is 0 Å². The molecule has 0 N–H and O–H groups in total. The highest BCUT2D eigenvalue weighted by molar-refractivity contribution is 5.26. The fraction of sp³-hybridized carbons (Fsp3) is 0.500. The highest BCUT2D eigenvalue weighted by Crippen LogP contribution is 2.24. The summed E-state index contributed by atoms with van der Waals surface area (Å²) in [5.74, 6) is -0.259. The van der Waals surface area contributed by atoms with Crippen LogP contribution in [0.2, 0.25) is 0 Å². The summed E-state index contributed by atoms with van der Waals surface area (Å²) in [6.45, 7) is 8.06. The van der Waals surface area contributed by atoms with Crippen molar-refractivity contribution in [3.8, 4) is 0 Å². The maximum absolute atomic E-state index is 12.8. The molecule has 1 aromatic rings. The average molecular weight is 167 g/mol. The summed E-state index contributed by atoms with van der Waals surface area (Å²) in [6, 6.07) is 1.56. The van der Waals surface area contributed by atoms with Gasteiger partial charge in [-0.25, -0.2) is 4.39 Å². The van der Waals surface area contributed by atoms with Crippen LogP contribution in [0.3, 0.4) is 0 Å². The normalized spacial score (nSPS) is 11.8. The van der Waals surface area contributed by atoms with Crippen molar-refractivity contribution < 1.29 is 4.39 Å². The third kappa shape index (κ3) is 1.81. The first kappa shape index (κ1) is 9.17. The van der Waals surface area contributed by atoms with Crippen molar-refractivity contribution in [1.82, 2.24) is 4.98 Å². The number of rotatable bonds is 0.